The van der Waals surface area contributed by atoms with Crippen molar-refractivity contribution in [2.45, 2.75) is 37.6 Å². The molecule has 1 amide bonds. The van der Waals surface area contributed by atoms with Crippen LogP contribution in [0.25, 0.3) is 0 Å². The van der Waals surface area contributed by atoms with Gasteiger partial charge in [-0.1, -0.05) is 49.7 Å². The lowest BCUT2D eigenvalue weighted by atomic mass is 10.0. The SMILES string of the molecule is CCC[C@@H](NC(=O)COC(=O)c1cc(S(C)(=O)=O)ccc1C)c1ccccc1. The van der Waals surface area contributed by atoms with Gasteiger partial charge in [0.2, 0.25) is 0 Å². The molecule has 0 heterocycles. The van der Waals surface area contributed by atoms with Crippen LogP contribution >= 0.6 is 0 Å². The summed E-state index contributed by atoms with van der Waals surface area (Å²) in [4.78, 5) is 24.6. The normalized spacial score (nSPS) is 12.2. The number of esters is 1. The number of aryl methyl sites for hydroxylation is 1. The molecule has 0 fully saturated rings. The smallest absolute Gasteiger partial charge is 0.338 e. The van der Waals surface area contributed by atoms with Crippen LogP contribution in [-0.4, -0.2) is 33.2 Å². The van der Waals surface area contributed by atoms with Gasteiger partial charge in [0.15, 0.2) is 16.4 Å². The monoisotopic (exact) mass is 403 g/mol. The van der Waals surface area contributed by atoms with Crippen molar-refractivity contribution in [3.05, 3.63) is 65.2 Å². The van der Waals surface area contributed by atoms with Gasteiger partial charge in [-0.3, -0.25) is 4.79 Å². The Morgan fingerprint density at radius 2 is 1.79 bits per heavy atom. The van der Waals surface area contributed by atoms with Crippen LogP contribution in [-0.2, 0) is 19.4 Å². The van der Waals surface area contributed by atoms with E-state index in [9.17, 15) is 18.0 Å². The Balaban J connectivity index is 2.03. The molecule has 1 N–H and O–H groups in total. The maximum absolute atomic E-state index is 12.3. The summed E-state index contributed by atoms with van der Waals surface area (Å²) in [7, 11) is -3.45. The van der Waals surface area contributed by atoms with E-state index in [4.69, 9.17) is 4.74 Å². The Kier molecular flexibility index (Phi) is 7.34. The maximum Gasteiger partial charge on any atom is 0.338 e. The van der Waals surface area contributed by atoms with Crippen LogP contribution in [0.2, 0.25) is 0 Å². The predicted molar refractivity (Wildman–Crippen MR) is 107 cm³/mol. The number of carbonyl (C=O) groups excluding carboxylic acids is 2. The van der Waals surface area contributed by atoms with Gasteiger partial charge >= 0.3 is 5.97 Å². The zero-order chi connectivity index (χ0) is 20.7. The molecule has 1 atom stereocenters. The van der Waals surface area contributed by atoms with E-state index in [0.717, 1.165) is 24.7 Å². The maximum atomic E-state index is 12.3. The molecule has 0 aliphatic carbocycles. The van der Waals surface area contributed by atoms with Crippen LogP contribution in [0.4, 0.5) is 0 Å². The highest BCUT2D eigenvalue weighted by atomic mass is 32.2. The van der Waals surface area contributed by atoms with Gasteiger partial charge in [-0.2, -0.15) is 0 Å². The topological polar surface area (TPSA) is 89.5 Å². The third kappa shape index (κ3) is 5.92. The fraction of sp³-hybridized carbons (Fsp3) is 0.333. The summed E-state index contributed by atoms with van der Waals surface area (Å²) >= 11 is 0. The fourth-order valence-corrected chi connectivity index (χ4v) is 3.44. The zero-order valence-electron chi connectivity index (χ0n) is 16.3. The largest absolute Gasteiger partial charge is 0.452 e. The molecule has 2 aromatic rings. The molecule has 0 unspecified atom stereocenters. The van der Waals surface area contributed by atoms with Crippen LogP contribution < -0.4 is 5.32 Å². The minimum Gasteiger partial charge on any atom is -0.452 e. The van der Waals surface area contributed by atoms with E-state index in [1.54, 1.807) is 13.0 Å². The number of carbonyl (C=O) groups is 2. The quantitative estimate of drug-likeness (QED) is 0.684. The molecule has 0 bridgehead atoms. The van der Waals surface area contributed by atoms with Crippen molar-refractivity contribution in [1.29, 1.82) is 0 Å². The first-order valence-electron chi connectivity index (χ1n) is 9.04. The van der Waals surface area contributed by atoms with Gasteiger partial charge in [0.05, 0.1) is 16.5 Å². The molecule has 0 aromatic heterocycles. The second-order valence-electron chi connectivity index (χ2n) is 6.64. The number of hydrogen-bond donors (Lipinski definition) is 1. The summed E-state index contributed by atoms with van der Waals surface area (Å²) in [5.41, 5.74) is 1.69. The Morgan fingerprint density at radius 3 is 2.39 bits per heavy atom. The molecule has 2 rings (SSSR count). The molecule has 150 valence electrons. The number of amides is 1. The first-order chi connectivity index (χ1) is 13.2. The van der Waals surface area contributed by atoms with Gasteiger partial charge in [0, 0.05) is 6.26 Å². The molecule has 28 heavy (non-hydrogen) atoms. The minimum absolute atomic E-state index is 0.0292. The number of hydrogen-bond acceptors (Lipinski definition) is 5. The van der Waals surface area contributed by atoms with Crippen molar-refractivity contribution in [2.75, 3.05) is 12.9 Å². The van der Waals surface area contributed by atoms with Crippen LogP contribution in [0.5, 0.6) is 0 Å². The van der Waals surface area contributed by atoms with Crippen molar-refractivity contribution in [3.8, 4) is 0 Å². The number of benzene rings is 2. The summed E-state index contributed by atoms with van der Waals surface area (Å²) in [6, 6.07) is 13.7. The summed E-state index contributed by atoms with van der Waals surface area (Å²) < 4.78 is 28.5. The van der Waals surface area contributed by atoms with Crippen molar-refractivity contribution >= 4 is 21.7 Å². The average Bonchev–Trinajstić information content (AvgIpc) is 2.66. The lowest BCUT2D eigenvalue weighted by molar-refractivity contribution is -0.125. The number of nitrogens with one attached hydrogen (secondary N) is 1. The minimum atomic E-state index is -3.45. The molecule has 0 spiro atoms. The number of rotatable bonds is 8. The van der Waals surface area contributed by atoms with Crippen molar-refractivity contribution in [1.82, 2.24) is 5.32 Å². The molecular weight excluding hydrogens is 378 g/mol. The summed E-state index contributed by atoms with van der Waals surface area (Å²) in [6.45, 7) is 3.27. The average molecular weight is 404 g/mol. The molecular formula is C21H25NO5S. The van der Waals surface area contributed by atoms with E-state index in [-0.39, 0.29) is 16.5 Å². The highest BCUT2D eigenvalue weighted by molar-refractivity contribution is 7.90. The molecule has 6 nitrogen and oxygen atoms in total. The highest BCUT2D eigenvalue weighted by Crippen LogP contribution is 2.19. The standard InChI is InChI=1S/C21H25NO5S/c1-4-8-19(16-9-6-5-7-10-16)22-20(23)14-27-21(24)18-13-17(28(3,25)26)12-11-15(18)2/h5-7,9-13,19H,4,8,14H2,1-3H3,(H,22,23)/t19-/m1/s1. The Morgan fingerprint density at radius 1 is 1.11 bits per heavy atom. The van der Waals surface area contributed by atoms with Crippen molar-refractivity contribution in [3.63, 3.8) is 0 Å². The van der Waals surface area contributed by atoms with Gasteiger partial charge < -0.3 is 10.1 Å². The van der Waals surface area contributed by atoms with E-state index in [0.29, 0.717) is 5.56 Å². The lowest BCUT2D eigenvalue weighted by Crippen LogP contribution is -2.32. The van der Waals surface area contributed by atoms with Crippen LogP contribution in [0.3, 0.4) is 0 Å². The van der Waals surface area contributed by atoms with Gasteiger partial charge in [0.1, 0.15) is 0 Å². The van der Waals surface area contributed by atoms with Gasteiger partial charge in [0.25, 0.3) is 5.91 Å². The van der Waals surface area contributed by atoms with E-state index in [2.05, 4.69) is 5.32 Å². The Labute approximate surface area is 165 Å². The molecule has 0 saturated heterocycles. The lowest BCUT2D eigenvalue weighted by Gasteiger charge is -2.18. The van der Waals surface area contributed by atoms with E-state index < -0.39 is 28.3 Å². The molecule has 0 aliphatic rings. The van der Waals surface area contributed by atoms with Crippen LogP contribution in [0.1, 0.15) is 47.3 Å². The van der Waals surface area contributed by atoms with Crippen LogP contribution in [0.15, 0.2) is 53.4 Å². The fourth-order valence-electron chi connectivity index (χ4n) is 2.79. The molecule has 7 heteroatoms. The van der Waals surface area contributed by atoms with Crippen LogP contribution in [0, 0.1) is 6.92 Å². The second kappa shape index (κ2) is 9.50. The molecule has 2 aromatic carbocycles. The second-order valence-corrected chi connectivity index (χ2v) is 8.66. The van der Waals surface area contributed by atoms with Gasteiger partial charge in [-0.15, -0.1) is 0 Å². The first-order valence-corrected chi connectivity index (χ1v) is 10.9. The van der Waals surface area contributed by atoms with Crippen molar-refractivity contribution in [2.24, 2.45) is 0 Å². The third-order valence-corrected chi connectivity index (χ3v) is 5.42. The predicted octanol–water partition coefficient (Wildman–Crippen LogP) is 3.21. The number of ether oxygens (including phenoxy) is 1. The summed E-state index contributed by atoms with van der Waals surface area (Å²) in [5.74, 6) is -1.14. The number of sulfone groups is 1. The van der Waals surface area contributed by atoms with E-state index in [1.165, 1.54) is 12.1 Å². The van der Waals surface area contributed by atoms with Gasteiger partial charge in [-0.05, 0) is 36.6 Å². The molecule has 0 aliphatic heterocycles. The highest BCUT2D eigenvalue weighted by Gasteiger charge is 2.18. The van der Waals surface area contributed by atoms with E-state index >= 15 is 0 Å². The third-order valence-electron chi connectivity index (χ3n) is 4.31. The molecule has 0 saturated carbocycles. The Bertz CT molecular complexity index is 939. The van der Waals surface area contributed by atoms with Gasteiger partial charge in [-0.25, -0.2) is 13.2 Å². The zero-order valence-corrected chi connectivity index (χ0v) is 17.1. The summed E-state index contributed by atoms with van der Waals surface area (Å²) in [5, 5.41) is 2.88. The van der Waals surface area contributed by atoms with E-state index in [1.807, 2.05) is 37.3 Å². The first kappa shape index (κ1) is 21.6. The van der Waals surface area contributed by atoms with Crippen molar-refractivity contribution < 1.29 is 22.7 Å². The molecule has 0 radical (unpaired) electrons. The summed E-state index contributed by atoms with van der Waals surface area (Å²) in [6.07, 6.45) is 2.72. The Hall–Kier alpha value is -2.67.